The quantitative estimate of drug-likeness (QED) is 0.586. The molecule has 0 radical (unpaired) electrons. The molecular weight excluding hydrogens is 260 g/mol. The normalized spacial score (nSPS) is 12.2. The van der Waals surface area contributed by atoms with Crippen molar-refractivity contribution in [3.8, 4) is 0 Å². The Kier molecular flexibility index (Phi) is 6.71. The molecule has 0 saturated heterocycles. The van der Waals surface area contributed by atoms with Gasteiger partial charge in [0.15, 0.2) is 0 Å². The Hall–Kier alpha value is -1.22. The van der Waals surface area contributed by atoms with Crippen molar-refractivity contribution < 1.29 is 4.79 Å². The minimum absolute atomic E-state index is 0.0927. The maximum absolute atomic E-state index is 12.0. The highest BCUT2D eigenvalue weighted by molar-refractivity contribution is 6.33. The molecule has 1 unspecified atom stereocenters. The van der Waals surface area contributed by atoms with Crippen LogP contribution in [0.25, 0.3) is 0 Å². The third-order valence-corrected chi connectivity index (χ3v) is 3.46. The number of benzene rings is 1. The molecule has 0 aliphatic carbocycles. The van der Waals surface area contributed by atoms with Gasteiger partial charge < -0.3 is 11.1 Å². The van der Waals surface area contributed by atoms with Gasteiger partial charge in [-0.1, -0.05) is 44.2 Å². The fraction of sp³-hybridized carbons (Fsp3) is 0.533. The molecule has 0 fully saturated rings. The van der Waals surface area contributed by atoms with Crippen molar-refractivity contribution in [2.75, 3.05) is 5.73 Å². The SMILES string of the molecule is CCCCCCC(C)NC(=O)c1ccc(N)c(Cl)c1. The lowest BCUT2D eigenvalue weighted by atomic mass is 10.1. The summed E-state index contributed by atoms with van der Waals surface area (Å²) >= 11 is 5.91. The van der Waals surface area contributed by atoms with Crippen LogP contribution in [0.3, 0.4) is 0 Å². The summed E-state index contributed by atoms with van der Waals surface area (Å²) in [5.74, 6) is -0.0927. The van der Waals surface area contributed by atoms with E-state index in [1.165, 1.54) is 19.3 Å². The zero-order chi connectivity index (χ0) is 14.3. The molecule has 3 nitrogen and oxygen atoms in total. The molecule has 1 atom stereocenters. The summed E-state index contributed by atoms with van der Waals surface area (Å²) in [6, 6.07) is 5.14. The van der Waals surface area contributed by atoms with Crippen LogP contribution in [0.4, 0.5) is 5.69 Å². The lowest BCUT2D eigenvalue weighted by molar-refractivity contribution is 0.0938. The Morgan fingerprint density at radius 2 is 2.11 bits per heavy atom. The van der Waals surface area contributed by atoms with Crippen LogP contribution in [0, 0.1) is 0 Å². The molecule has 0 aromatic heterocycles. The summed E-state index contributed by atoms with van der Waals surface area (Å²) in [5, 5.41) is 3.40. The van der Waals surface area contributed by atoms with E-state index in [1.54, 1.807) is 18.2 Å². The number of anilines is 1. The molecule has 0 aliphatic heterocycles. The maximum Gasteiger partial charge on any atom is 0.251 e. The van der Waals surface area contributed by atoms with E-state index < -0.39 is 0 Å². The molecule has 1 aromatic rings. The smallest absolute Gasteiger partial charge is 0.251 e. The van der Waals surface area contributed by atoms with Gasteiger partial charge in [0.2, 0.25) is 0 Å². The monoisotopic (exact) mass is 282 g/mol. The zero-order valence-electron chi connectivity index (χ0n) is 11.7. The highest BCUT2D eigenvalue weighted by Crippen LogP contribution is 2.19. The van der Waals surface area contributed by atoms with E-state index in [2.05, 4.69) is 12.2 Å². The number of rotatable bonds is 7. The van der Waals surface area contributed by atoms with Crippen LogP contribution < -0.4 is 11.1 Å². The van der Waals surface area contributed by atoms with E-state index in [0.29, 0.717) is 16.3 Å². The van der Waals surface area contributed by atoms with Gasteiger partial charge in [-0.15, -0.1) is 0 Å². The van der Waals surface area contributed by atoms with Crippen molar-refractivity contribution in [2.45, 2.75) is 52.0 Å². The number of hydrogen-bond donors (Lipinski definition) is 2. The Bertz CT molecular complexity index is 421. The number of carbonyl (C=O) groups is 1. The molecule has 1 aromatic carbocycles. The lowest BCUT2D eigenvalue weighted by Crippen LogP contribution is -2.32. The van der Waals surface area contributed by atoms with Crippen molar-refractivity contribution in [1.82, 2.24) is 5.32 Å². The van der Waals surface area contributed by atoms with E-state index in [1.807, 2.05) is 6.92 Å². The number of hydrogen-bond acceptors (Lipinski definition) is 2. The van der Waals surface area contributed by atoms with E-state index in [-0.39, 0.29) is 11.9 Å². The Morgan fingerprint density at radius 3 is 2.74 bits per heavy atom. The number of nitrogens with one attached hydrogen (secondary N) is 1. The fourth-order valence-electron chi connectivity index (χ4n) is 1.92. The summed E-state index contributed by atoms with van der Waals surface area (Å²) in [4.78, 5) is 12.0. The van der Waals surface area contributed by atoms with Crippen LogP contribution in [0.5, 0.6) is 0 Å². The number of unbranched alkanes of at least 4 members (excludes halogenated alkanes) is 3. The zero-order valence-corrected chi connectivity index (χ0v) is 12.5. The van der Waals surface area contributed by atoms with Gasteiger partial charge in [-0.2, -0.15) is 0 Å². The van der Waals surface area contributed by atoms with Crippen LogP contribution in [-0.2, 0) is 0 Å². The van der Waals surface area contributed by atoms with E-state index in [0.717, 1.165) is 12.8 Å². The molecule has 4 heteroatoms. The number of nitrogen functional groups attached to an aromatic ring is 1. The number of nitrogens with two attached hydrogens (primary N) is 1. The molecule has 19 heavy (non-hydrogen) atoms. The number of halogens is 1. The van der Waals surface area contributed by atoms with Gasteiger partial charge in [0.05, 0.1) is 10.7 Å². The first-order valence-electron chi connectivity index (χ1n) is 6.90. The Labute approximate surface area is 120 Å². The molecule has 0 aliphatic rings. The average molecular weight is 283 g/mol. The first kappa shape index (κ1) is 15.8. The Balaban J connectivity index is 2.43. The van der Waals surface area contributed by atoms with Crippen molar-refractivity contribution in [2.24, 2.45) is 0 Å². The average Bonchev–Trinajstić information content (AvgIpc) is 2.38. The molecule has 0 spiro atoms. The van der Waals surface area contributed by atoms with Gasteiger partial charge in [0.25, 0.3) is 5.91 Å². The minimum atomic E-state index is -0.0927. The van der Waals surface area contributed by atoms with Crippen molar-refractivity contribution >= 4 is 23.2 Å². The standard InChI is InChI=1S/C15H23ClN2O/c1-3-4-5-6-7-11(2)18-15(19)12-8-9-14(17)13(16)10-12/h8-11H,3-7,17H2,1-2H3,(H,18,19). The van der Waals surface area contributed by atoms with Crippen LogP contribution >= 0.6 is 11.6 Å². The number of carbonyl (C=O) groups excluding carboxylic acids is 1. The lowest BCUT2D eigenvalue weighted by Gasteiger charge is -2.14. The summed E-state index contributed by atoms with van der Waals surface area (Å²) in [6.45, 7) is 4.22. The van der Waals surface area contributed by atoms with Crippen molar-refractivity contribution in [3.05, 3.63) is 28.8 Å². The summed E-state index contributed by atoms with van der Waals surface area (Å²) in [6.07, 6.45) is 5.87. The largest absolute Gasteiger partial charge is 0.398 e. The minimum Gasteiger partial charge on any atom is -0.398 e. The molecular formula is C15H23ClN2O. The van der Waals surface area contributed by atoms with Gasteiger partial charge in [-0.05, 0) is 31.5 Å². The first-order valence-corrected chi connectivity index (χ1v) is 7.28. The molecule has 1 amide bonds. The van der Waals surface area contributed by atoms with Crippen LogP contribution in [0.2, 0.25) is 5.02 Å². The topological polar surface area (TPSA) is 55.1 Å². The highest BCUT2D eigenvalue weighted by atomic mass is 35.5. The van der Waals surface area contributed by atoms with Gasteiger partial charge in [0.1, 0.15) is 0 Å². The molecule has 0 heterocycles. The molecule has 0 bridgehead atoms. The summed E-state index contributed by atoms with van der Waals surface area (Å²) < 4.78 is 0. The molecule has 3 N–H and O–H groups in total. The summed E-state index contributed by atoms with van der Waals surface area (Å²) in [5.41, 5.74) is 6.67. The van der Waals surface area contributed by atoms with Gasteiger partial charge in [-0.3, -0.25) is 4.79 Å². The van der Waals surface area contributed by atoms with Crippen molar-refractivity contribution in [3.63, 3.8) is 0 Å². The molecule has 106 valence electrons. The maximum atomic E-state index is 12.0. The second-order valence-corrected chi connectivity index (χ2v) is 5.37. The molecule has 0 saturated carbocycles. The van der Waals surface area contributed by atoms with Crippen LogP contribution in [0.15, 0.2) is 18.2 Å². The second-order valence-electron chi connectivity index (χ2n) is 4.96. The van der Waals surface area contributed by atoms with Crippen LogP contribution in [0.1, 0.15) is 56.3 Å². The predicted octanol–water partition coefficient (Wildman–Crippen LogP) is 4.01. The summed E-state index contributed by atoms with van der Waals surface area (Å²) in [7, 11) is 0. The highest BCUT2D eigenvalue weighted by Gasteiger charge is 2.10. The third kappa shape index (κ3) is 5.52. The van der Waals surface area contributed by atoms with Gasteiger partial charge >= 0.3 is 0 Å². The van der Waals surface area contributed by atoms with E-state index >= 15 is 0 Å². The van der Waals surface area contributed by atoms with Gasteiger partial charge in [0, 0.05) is 11.6 Å². The third-order valence-electron chi connectivity index (χ3n) is 3.13. The van der Waals surface area contributed by atoms with Gasteiger partial charge in [-0.25, -0.2) is 0 Å². The fourth-order valence-corrected chi connectivity index (χ4v) is 2.11. The first-order chi connectivity index (χ1) is 9.04. The van der Waals surface area contributed by atoms with Crippen molar-refractivity contribution in [1.29, 1.82) is 0 Å². The predicted molar refractivity (Wildman–Crippen MR) is 81.6 cm³/mol. The number of amides is 1. The van der Waals surface area contributed by atoms with E-state index in [9.17, 15) is 4.79 Å². The van der Waals surface area contributed by atoms with E-state index in [4.69, 9.17) is 17.3 Å². The Morgan fingerprint density at radius 1 is 1.37 bits per heavy atom. The molecule has 1 rings (SSSR count). The van der Waals surface area contributed by atoms with Crippen LogP contribution in [-0.4, -0.2) is 11.9 Å². The second kappa shape index (κ2) is 8.05.